The minimum absolute atomic E-state index is 0.0558. The third kappa shape index (κ3) is 2.24. The van der Waals surface area contributed by atoms with Crippen LogP contribution in [0.2, 0.25) is 0 Å². The molecule has 1 saturated carbocycles. The molecule has 4 heteroatoms. The van der Waals surface area contributed by atoms with Crippen LogP contribution in [0.4, 0.5) is 0 Å². The van der Waals surface area contributed by atoms with Gasteiger partial charge in [0.05, 0.1) is 12.7 Å². The highest BCUT2D eigenvalue weighted by atomic mass is 16.5. The first-order chi connectivity index (χ1) is 6.66. The molecule has 0 aromatic heterocycles. The van der Waals surface area contributed by atoms with E-state index >= 15 is 0 Å². The molecule has 0 unspecified atom stereocenters. The largest absolute Gasteiger partial charge is 0.380 e. The summed E-state index contributed by atoms with van der Waals surface area (Å²) in [7, 11) is 1.72. The van der Waals surface area contributed by atoms with Gasteiger partial charge in [-0.25, -0.2) is 0 Å². The molecule has 1 rings (SSSR count). The zero-order valence-corrected chi connectivity index (χ0v) is 8.75. The van der Waals surface area contributed by atoms with Gasteiger partial charge in [0.15, 0.2) is 0 Å². The predicted octanol–water partition coefficient (Wildman–Crippen LogP) is 0.785. The van der Waals surface area contributed by atoms with Gasteiger partial charge in [0.1, 0.15) is 5.41 Å². The van der Waals surface area contributed by atoms with Gasteiger partial charge in [0, 0.05) is 20.2 Å². The Balaban J connectivity index is 2.34. The van der Waals surface area contributed by atoms with Gasteiger partial charge in [-0.15, -0.1) is 0 Å². The molecule has 0 spiro atoms. The van der Waals surface area contributed by atoms with E-state index in [1.54, 1.807) is 11.9 Å². The second-order valence-corrected chi connectivity index (χ2v) is 3.62. The molecule has 1 amide bonds. The lowest BCUT2D eigenvalue weighted by Gasteiger charge is -2.19. The molecule has 0 N–H and O–H groups in total. The van der Waals surface area contributed by atoms with Crippen molar-refractivity contribution in [3.05, 3.63) is 0 Å². The van der Waals surface area contributed by atoms with Crippen LogP contribution < -0.4 is 0 Å². The van der Waals surface area contributed by atoms with E-state index in [9.17, 15) is 4.79 Å². The molecule has 0 saturated heterocycles. The highest BCUT2D eigenvalue weighted by Gasteiger charge is 2.51. The van der Waals surface area contributed by atoms with E-state index in [2.05, 4.69) is 6.07 Å². The molecule has 14 heavy (non-hydrogen) atoms. The van der Waals surface area contributed by atoms with Crippen molar-refractivity contribution in [3.8, 4) is 6.07 Å². The molecule has 0 aromatic rings. The SMILES string of the molecule is CCOCCN(C)C(=O)C1(C#N)CC1. The van der Waals surface area contributed by atoms with Gasteiger partial charge in [0.25, 0.3) is 0 Å². The van der Waals surface area contributed by atoms with Crippen LogP contribution in [0.1, 0.15) is 19.8 Å². The first kappa shape index (κ1) is 11.0. The zero-order chi connectivity index (χ0) is 10.6. The third-order valence-corrected chi connectivity index (χ3v) is 2.50. The van der Waals surface area contributed by atoms with Crippen molar-refractivity contribution in [3.63, 3.8) is 0 Å². The fourth-order valence-electron chi connectivity index (χ4n) is 1.31. The summed E-state index contributed by atoms with van der Waals surface area (Å²) in [6, 6.07) is 2.09. The smallest absolute Gasteiger partial charge is 0.242 e. The maximum atomic E-state index is 11.7. The van der Waals surface area contributed by atoms with Crippen molar-refractivity contribution < 1.29 is 9.53 Å². The molecule has 1 fully saturated rings. The molecule has 1 aliphatic rings. The molecule has 0 radical (unpaired) electrons. The first-order valence-electron chi connectivity index (χ1n) is 4.91. The standard InChI is InChI=1S/C10H16N2O2/c1-3-14-7-6-12(2)9(13)10(8-11)4-5-10/h3-7H2,1-2H3. The van der Waals surface area contributed by atoms with Crippen LogP contribution in [0, 0.1) is 16.7 Å². The van der Waals surface area contributed by atoms with E-state index in [4.69, 9.17) is 10.00 Å². The van der Waals surface area contributed by atoms with Gasteiger partial charge in [-0.05, 0) is 19.8 Å². The van der Waals surface area contributed by atoms with Crippen molar-refractivity contribution in [1.82, 2.24) is 4.90 Å². The molecule has 4 nitrogen and oxygen atoms in total. The number of hydrogen-bond acceptors (Lipinski definition) is 3. The number of nitrogens with zero attached hydrogens (tertiary/aromatic N) is 2. The van der Waals surface area contributed by atoms with Crippen LogP contribution in [-0.2, 0) is 9.53 Å². The van der Waals surface area contributed by atoms with Gasteiger partial charge in [-0.1, -0.05) is 0 Å². The number of rotatable bonds is 5. The van der Waals surface area contributed by atoms with Crippen molar-refractivity contribution in [2.75, 3.05) is 26.8 Å². The topological polar surface area (TPSA) is 53.3 Å². The number of carbonyl (C=O) groups is 1. The summed E-state index contributed by atoms with van der Waals surface area (Å²) in [5, 5.41) is 8.82. The van der Waals surface area contributed by atoms with Gasteiger partial charge < -0.3 is 9.64 Å². The number of nitriles is 1. The number of ether oxygens (including phenoxy) is 1. The van der Waals surface area contributed by atoms with Crippen molar-refractivity contribution in [1.29, 1.82) is 5.26 Å². The van der Waals surface area contributed by atoms with Gasteiger partial charge in [-0.2, -0.15) is 5.26 Å². The van der Waals surface area contributed by atoms with Gasteiger partial charge in [-0.3, -0.25) is 4.79 Å². The van der Waals surface area contributed by atoms with E-state index in [0.717, 1.165) is 0 Å². The highest BCUT2D eigenvalue weighted by Crippen LogP contribution is 2.46. The van der Waals surface area contributed by atoms with Gasteiger partial charge >= 0.3 is 0 Å². The summed E-state index contributed by atoms with van der Waals surface area (Å²) in [5.74, 6) is -0.0558. The number of amides is 1. The summed E-state index contributed by atoms with van der Waals surface area (Å²) in [5.41, 5.74) is -0.693. The van der Waals surface area contributed by atoms with Crippen molar-refractivity contribution in [2.24, 2.45) is 5.41 Å². The predicted molar refractivity (Wildman–Crippen MR) is 51.4 cm³/mol. The average Bonchev–Trinajstić information content (AvgIpc) is 2.97. The van der Waals surface area contributed by atoms with Crippen LogP contribution in [0.5, 0.6) is 0 Å². The summed E-state index contributed by atoms with van der Waals surface area (Å²) in [4.78, 5) is 13.3. The first-order valence-corrected chi connectivity index (χ1v) is 4.91. The highest BCUT2D eigenvalue weighted by molar-refractivity contribution is 5.88. The molecule has 0 atom stereocenters. The lowest BCUT2D eigenvalue weighted by Crippen LogP contribution is -2.35. The fraction of sp³-hybridized carbons (Fsp3) is 0.800. The Morgan fingerprint density at radius 2 is 2.29 bits per heavy atom. The molecule has 0 bridgehead atoms. The lowest BCUT2D eigenvalue weighted by molar-refractivity contribution is -0.134. The van der Waals surface area contributed by atoms with E-state index < -0.39 is 5.41 Å². The number of likely N-dealkylation sites (N-methyl/N-ethyl adjacent to an activating group) is 1. The Kier molecular flexibility index (Phi) is 3.48. The molecule has 0 heterocycles. The normalized spacial score (nSPS) is 17.2. The second kappa shape index (κ2) is 4.43. The monoisotopic (exact) mass is 196 g/mol. The zero-order valence-electron chi connectivity index (χ0n) is 8.75. The molecular formula is C10H16N2O2. The summed E-state index contributed by atoms with van der Waals surface area (Å²) in [6.45, 7) is 3.68. The van der Waals surface area contributed by atoms with Crippen LogP contribution in [-0.4, -0.2) is 37.6 Å². The number of carbonyl (C=O) groups excluding carboxylic acids is 1. The van der Waals surface area contributed by atoms with Crippen molar-refractivity contribution in [2.45, 2.75) is 19.8 Å². The number of hydrogen-bond donors (Lipinski definition) is 0. The Hall–Kier alpha value is -1.08. The Bertz CT molecular complexity index is 253. The van der Waals surface area contributed by atoms with Crippen LogP contribution in [0.15, 0.2) is 0 Å². The molecule has 78 valence electrons. The molecular weight excluding hydrogens is 180 g/mol. The maximum Gasteiger partial charge on any atom is 0.242 e. The Labute approximate surface area is 84.4 Å². The Morgan fingerprint density at radius 1 is 1.64 bits per heavy atom. The van der Waals surface area contributed by atoms with Crippen LogP contribution in [0.25, 0.3) is 0 Å². The summed E-state index contributed by atoms with van der Waals surface area (Å²) in [6.07, 6.45) is 1.42. The molecule has 0 aromatic carbocycles. The Morgan fingerprint density at radius 3 is 2.71 bits per heavy atom. The minimum atomic E-state index is -0.693. The molecule has 0 aliphatic heterocycles. The fourth-order valence-corrected chi connectivity index (χ4v) is 1.31. The van der Waals surface area contributed by atoms with Gasteiger partial charge in [0.2, 0.25) is 5.91 Å². The van der Waals surface area contributed by atoms with E-state index in [-0.39, 0.29) is 5.91 Å². The van der Waals surface area contributed by atoms with Crippen LogP contribution >= 0.6 is 0 Å². The average molecular weight is 196 g/mol. The van der Waals surface area contributed by atoms with E-state index in [0.29, 0.717) is 32.6 Å². The van der Waals surface area contributed by atoms with Crippen molar-refractivity contribution >= 4 is 5.91 Å². The second-order valence-electron chi connectivity index (χ2n) is 3.62. The summed E-state index contributed by atoms with van der Waals surface area (Å²) >= 11 is 0. The van der Waals surface area contributed by atoms with Crippen LogP contribution in [0.3, 0.4) is 0 Å². The minimum Gasteiger partial charge on any atom is -0.380 e. The molecule has 1 aliphatic carbocycles. The lowest BCUT2D eigenvalue weighted by atomic mass is 10.1. The van der Waals surface area contributed by atoms with E-state index in [1.807, 2.05) is 6.92 Å². The summed E-state index contributed by atoms with van der Waals surface area (Å²) < 4.78 is 5.14. The third-order valence-electron chi connectivity index (χ3n) is 2.50. The van der Waals surface area contributed by atoms with E-state index in [1.165, 1.54) is 0 Å². The quantitative estimate of drug-likeness (QED) is 0.611. The maximum absolute atomic E-state index is 11.7.